The highest BCUT2D eigenvalue weighted by Gasteiger charge is 2.36. The third-order valence-corrected chi connectivity index (χ3v) is 6.67. The summed E-state index contributed by atoms with van der Waals surface area (Å²) < 4.78 is 2.31. The minimum atomic E-state index is 0.261. The molecule has 156 valence electrons. The fraction of sp³-hybridized carbons (Fsp3) is 0.250. The van der Waals surface area contributed by atoms with Crippen LogP contribution in [0.25, 0.3) is 22.2 Å². The normalized spacial score (nSPS) is 15.7. The first-order valence-electron chi connectivity index (χ1n) is 11.1. The molecule has 0 bridgehead atoms. The van der Waals surface area contributed by atoms with Gasteiger partial charge in [0.15, 0.2) is 0 Å². The summed E-state index contributed by atoms with van der Waals surface area (Å²) in [5.74, 6) is 0. The molecule has 0 saturated heterocycles. The SMILES string of the molecule is Cc1c(-c2ccc3ccccc3[n+]2C)cccc1N1c2ccccc2N(C(C)C)[C@H]1C. The molecular formula is C28H30N3+. The van der Waals surface area contributed by atoms with E-state index in [-0.39, 0.29) is 6.17 Å². The summed E-state index contributed by atoms with van der Waals surface area (Å²) in [6, 6.07) is 29.0. The molecule has 0 saturated carbocycles. The van der Waals surface area contributed by atoms with Crippen molar-refractivity contribution in [2.24, 2.45) is 7.05 Å². The molecule has 0 fully saturated rings. The first-order valence-corrected chi connectivity index (χ1v) is 11.1. The molecule has 0 amide bonds. The van der Waals surface area contributed by atoms with Gasteiger partial charge in [0, 0.05) is 29.2 Å². The van der Waals surface area contributed by atoms with Gasteiger partial charge in [-0.25, -0.2) is 0 Å². The summed E-state index contributed by atoms with van der Waals surface area (Å²) in [4.78, 5) is 5.01. The van der Waals surface area contributed by atoms with Crippen molar-refractivity contribution in [3.05, 3.63) is 84.4 Å². The first-order chi connectivity index (χ1) is 15.0. The van der Waals surface area contributed by atoms with Gasteiger partial charge in [0.1, 0.15) is 13.2 Å². The molecule has 3 nitrogen and oxygen atoms in total. The Hall–Kier alpha value is -3.33. The lowest BCUT2D eigenvalue weighted by molar-refractivity contribution is -0.633. The molecule has 2 heterocycles. The van der Waals surface area contributed by atoms with Gasteiger partial charge in [-0.1, -0.05) is 30.3 Å². The van der Waals surface area contributed by atoms with Crippen molar-refractivity contribution in [3.8, 4) is 11.3 Å². The van der Waals surface area contributed by atoms with E-state index >= 15 is 0 Å². The number of para-hydroxylation sites is 3. The van der Waals surface area contributed by atoms with Crippen LogP contribution in [0.1, 0.15) is 26.3 Å². The van der Waals surface area contributed by atoms with Gasteiger partial charge >= 0.3 is 0 Å². The molecule has 0 N–H and O–H groups in total. The van der Waals surface area contributed by atoms with Crippen LogP contribution < -0.4 is 14.4 Å². The van der Waals surface area contributed by atoms with Crippen molar-refractivity contribution >= 4 is 28.0 Å². The zero-order valence-electron chi connectivity index (χ0n) is 19.0. The lowest BCUT2D eigenvalue weighted by atomic mass is 10.0. The summed E-state index contributed by atoms with van der Waals surface area (Å²) in [5, 5.41) is 1.26. The quantitative estimate of drug-likeness (QED) is 0.366. The standard InChI is InChI=1S/C28H30N3/c1-19(2)30-21(4)31(28-15-9-8-14-27(28)30)24-16-10-12-23(20(24)3)26-18-17-22-11-6-7-13-25(22)29(26)5/h6-19,21H,1-5H3/q+1/t21-/m1/s1. The van der Waals surface area contributed by atoms with Gasteiger partial charge in [-0.15, -0.1) is 0 Å². The largest absolute Gasteiger partial charge is 0.347 e. The average Bonchev–Trinajstić information content (AvgIpc) is 3.07. The predicted molar refractivity (Wildman–Crippen MR) is 131 cm³/mol. The number of fused-ring (bicyclic) bond motifs is 2. The monoisotopic (exact) mass is 408 g/mol. The number of anilines is 3. The van der Waals surface area contributed by atoms with E-state index in [2.05, 4.69) is 128 Å². The maximum Gasteiger partial charge on any atom is 0.213 e. The van der Waals surface area contributed by atoms with Crippen LogP contribution in [0.5, 0.6) is 0 Å². The van der Waals surface area contributed by atoms with Crippen LogP contribution in [-0.2, 0) is 7.05 Å². The number of nitrogens with zero attached hydrogens (tertiary/aromatic N) is 3. The first kappa shape index (κ1) is 19.6. The van der Waals surface area contributed by atoms with Crippen molar-refractivity contribution in [1.82, 2.24) is 0 Å². The lowest BCUT2D eigenvalue weighted by Gasteiger charge is -2.33. The van der Waals surface area contributed by atoms with E-state index in [4.69, 9.17) is 0 Å². The van der Waals surface area contributed by atoms with Gasteiger partial charge in [0.25, 0.3) is 0 Å². The third kappa shape index (κ3) is 2.99. The fourth-order valence-electron chi connectivity index (χ4n) is 5.23. The third-order valence-electron chi connectivity index (χ3n) is 6.67. The van der Waals surface area contributed by atoms with E-state index in [9.17, 15) is 0 Å². The zero-order valence-corrected chi connectivity index (χ0v) is 19.0. The second kappa shape index (κ2) is 7.42. The Morgan fingerprint density at radius 2 is 1.45 bits per heavy atom. The van der Waals surface area contributed by atoms with Gasteiger partial charge in [-0.2, -0.15) is 4.57 Å². The Balaban J connectivity index is 1.67. The van der Waals surface area contributed by atoms with E-state index in [1.807, 2.05) is 0 Å². The topological polar surface area (TPSA) is 10.4 Å². The average molecular weight is 409 g/mol. The van der Waals surface area contributed by atoms with E-state index in [1.54, 1.807) is 0 Å². The Kier molecular flexibility index (Phi) is 4.70. The maximum absolute atomic E-state index is 2.51. The molecule has 0 radical (unpaired) electrons. The summed E-state index contributed by atoms with van der Waals surface area (Å²) >= 11 is 0. The molecule has 0 spiro atoms. The minimum Gasteiger partial charge on any atom is -0.347 e. The summed E-state index contributed by atoms with van der Waals surface area (Å²) in [5.41, 5.74) is 8.93. The molecule has 1 aliphatic heterocycles. The molecule has 5 rings (SSSR count). The number of aryl methyl sites for hydroxylation is 1. The molecule has 0 unspecified atom stereocenters. The van der Waals surface area contributed by atoms with Crippen LogP contribution in [0.2, 0.25) is 0 Å². The highest BCUT2D eigenvalue weighted by molar-refractivity contribution is 5.87. The molecule has 1 aliphatic rings. The number of rotatable bonds is 3. The summed E-state index contributed by atoms with van der Waals surface area (Å²) in [6.07, 6.45) is 0.261. The minimum absolute atomic E-state index is 0.261. The van der Waals surface area contributed by atoms with Crippen LogP contribution >= 0.6 is 0 Å². The van der Waals surface area contributed by atoms with Gasteiger partial charge in [-0.05, 0) is 69.7 Å². The Labute approximate surface area is 185 Å². The smallest absolute Gasteiger partial charge is 0.213 e. The fourth-order valence-corrected chi connectivity index (χ4v) is 5.23. The van der Waals surface area contributed by atoms with Gasteiger partial charge in [0.05, 0.1) is 16.9 Å². The second-order valence-electron chi connectivity index (χ2n) is 8.78. The van der Waals surface area contributed by atoms with Crippen LogP contribution in [0.3, 0.4) is 0 Å². The number of hydrogen-bond donors (Lipinski definition) is 0. The summed E-state index contributed by atoms with van der Waals surface area (Å²) in [7, 11) is 2.16. The molecule has 1 atom stereocenters. The van der Waals surface area contributed by atoms with Gasteiger partial charge in [0.2, 0.25) is 11.2 Å². The molecule has 31 heavy (non-hydrogen) atoms. The van der Waals surface area contributed by atoms with Crippen molar-refractivity contribution in [1.29, 1.82) is 0 Å². The Morgan fingerprint density at radius 1 is 0.774 bits per heavy atom. The number of hydrogen-bond acceptors (Lipinski definition) is 2. The molecule has 1 aromatic heterocycles. The Bertz CT molecular complexity index is 1270. The summed E-state index contributed by atoms with van der Waals surface area (Å²) in [6.45, 7) is 9.11. The van der Waals surface area contributed by atoms with Crippen molar-refractivity contribution in [2.45, 2.75) is 39.9 Å². The number of benzene rings is 3. The van der Waals surface area contributed by atoms with E-state index in [0.717, 1.165) is 0 Å². The highest BCUT2D eigenvalue weighted by Crippen LogP contribution is 2.46. The van der Waals surface area contributed by atoms with E-state index in [1.165, 1.54) is 44.8 Å². The predicted octanol–water partition coefficient (Wildman–Crippen LogP) is 6.35. The van der Waals surface area contributed by atoms with E-state index in [0.29, 0.717) is 6.04 Å². The number of aromatic nitrogens is 1. The molecule has 0 aliphatic carbocycles. The van der Waals surface area contributed by atoms with E-state index < -0.39 is 0 Å². The van der Waals surface area contributed by atoms with Crippen molar-refractivity contribution in [3.63, 3.8) is 0 Å². The lowest BCUT2D eigenvalue weighted by Crippen LogP contribution is -2.42. The maximum atomic E-state index is 2.51. The molecular weight excluding hydrogens is 378 g/mol. The van der Waals surface area contributed by atoms with Gasteiger partial charge in [-0.3, -0.25) is 0 Å². The van der Waals surface area contributed by atoms with Gasteiger partial charge < -0.3 is 9.80 Å². The van der Waals surface area contributed by atoms with Crippen LogP contribution in [0.15, 0.2) is 78.9 Å². The number of pyridine rings is 1. The zero-order chi connectivity index (χ0) is 21.7. The molecule has 4 aromatic rings. The van der Waals surface area contributed by atoms with Crippen LogP contribution in [0, 0.1) is 6.92 Å². The van der Waals surface area contributed by atoms with Crippen molar-refractivity contribution < 1.29 is 4.57 Å². The van der Waals surface area contributed by atoms with Crippen molar-refractivity contribution in [2.75, 3.05) is 9.80 Å². The Morgan fingerprint density at radius 3 is 2.23 bits per heavy atom. The highest BCUT2D eigenvalue weighted by atomic mass is 15.4. The second-order valence-corrected chi connectivity index (χ2v) is 8.78. The molecule has 3 heteroatoms. The van der Waals surface area contributed by atoms with Crippen LogP contribution in [-0.4, -0.2) is 12.2 Å². The van der Waals surface area contributed by atoms with Crippen LogP contribution in [0.4, 0.5) is 17.1 Å². The molecule has 3 aromatic carbocycles.